The number of fused-ring (bicyclic) bond motifs is 1. The third-order valence-corrected chi connectivity index (χ3v) is 3.54. The number of hydrogen-bond acceptors (Lipinski definition) is 4. The van der Waals surface area contributed by atoms with Gasteiger partial charge in [0.1, 0.15) is 6.04 Å². The number of para-hydroxylation sites is 1. The molecule has 0 spiro atoms. The van der Waals surface area contributed by atoms with E-state index in [1.54, 1.807) is 0 Å². The number of rotatable bonds is 5. The number of carbonyl (C=O) groups excluding carboxylic acids is 1. The number of nitrogens with zero attached hydrogens (tertiary/aromatic N) is 1. The van der Waals surface area contributed by atoms with Crippen LogP contribution in [0.25, 0.3) is 0 Å². The van der Waals surface area contributed by atoms with E-state index in [1.807, 2.05) is 49.9 Å². The average molecular weight is 292 g/mol. The zero-order chi connectivity index (χ0) is 15.6. The highest BCUT2D eigenvalue weighted by atomic mass is 16.5. The summed E-state index contributed by atoms with van der Waals surface area (Å²) in [5, 5.41) is 10.2. The van der Waals surface area contributed by atoms with Gasteiger partial charge in [-0.05, 0) is 32.4 Å². The Hall–Kier alpha value is -1.59. The lowest BCUT2D eigenvalue weighted by Gasteiger charge is -2.29. The normalized spacial score (nSPS) is 19.4. The van der Waals surface area contributed by atoms with Crippen LogP contribution in [0, 0.1) is 0 Å². The topological polar surface area (TPSA) is 75.8 Å². The molecule has 2 atom stereocenters. The second-order valence-electron chi connectivity index (χ2n) is 6.48. The van der Waals surface area contributed by atoms with Crippen LogP contribution in [0.2, 0.25) is 0 Å². The summed E-state index contributed by atoms with van der Waals surface area (Å²) in [5.41, 5.74) is 7.25. The largest absolute Gasteiger partial charge is 0.389 e. The van der Waals surface area contributed by atoms with E-state index in [0.29, 0.717) is 13.0 Å². The molecule has 0 saturated heterocycles. The highest BCUT2D eigenvalue weighted by molar-refractivity contribution is 5.86. The second kappa shape index (κ2) is 6.03. The van der Waals surface area contributed by atoms with Gasteiger partial charge in [-0.3, -0.25) is 4.79 Å². The molecule has 2 rings (SSSR count). The lowest BCUT2D eigenvalue weighted by molar-refractivity contribution is -0.119. The minimum absolute atomic E-state index is 0.230. The molecule has 0 saturated carbocycles. The van der Waals surface area contributed by atoms with Crippen LogP contribution in [0.1, 0.15) is 26.3 Å². The van der Waals surface area contributed by atoms with Crippen molar-refractivity contribution in [2.45, 2.75) is 44.9 Å². The zero-order valence-electron chi connectivity index (χ0n) is 12.9. The highest BCUT2D eigenvalue weighted by Gasteiger charge is 2.34. The van der Waals surface area contributed by atoms with Gasteiger partial charge < -0.3 is 20.5 Å². The van der Waals surface area contributed by atoms with Crippen molar-refractivity contribution in [1.82, 2.24) is 0 Å². The molecule has 0 aromatic heterocycles. The molecule has 1 aliphatic heterocycles. The lowest BCUT2D eigenvalue weighted by Crippen LogP contribution is -2.47. The second-order valence-corrected chi connectivity index (χ2v) is 6.48. The number of aliphatic hydroxyl groups excluding tert-OH is 1. The number of primary amides is 1. The van der Waals surface area contributed by atoms with Crippen molar-refractivity contribution in [3.63, 3.8) is 0 Å². The van der Waals surface area contributed by atoms with Gasteiger partial charge in [0.2, 0.25) is 5.91 Å². The fourth-order valence-electron chi connectivity index (χ4n) is 2.56. The van der Waals surface area contributed by atoms with Gasteiger partial charge in [0, 0.05) is 18.7 Å². The van der Waals surface area contributed by atoms with E-state index in [1.165, 1.54) is 0 Å². The zero-order valence-corrected chi connectivity index (χ0v) is 12.9. The maximum absolute atomic E-state index is 11.6. The first-order valence-electron chi connectivity index (χ1n) is 7.24. The molecule has 1 aromatic rings. The summed E-state index contributed by atoms with van der Waals surface area (Å²) >= 11 is 0. The van der Waals surface area contributed by atoms with Gasteiger partial charge in [-0.25, -0.2) is 0 Å². The van der Waals surface area contributed by atoms with Gasteiger partial charge in [0.25, 0.3) is 0 Å². The molecule has 0 radical (unpaired) electrons. The molecule has 1 aliphatic rings. The number of aliphatic hydroxyl groups is 1. The molecule has 21 heavy (non-hydrogen) atoms. The highest BCUT2D eigenvalue weighted by Crippen LogP contribution is 2.31. The van der Waals surface area contributed by atoms with Crippen molar-refractivity contribution in [3.05, 3.63) is 29.8 Å². The third-order valence-electron chi connectivity index (χ3n) is 3.54. The first-order valence-corrected chi connectivity index (χ1v) is 7.24. The Morgan fingerprint density at radius 2 is 2.14 bits per heavy atom. The first kappa shape index (κ1) is 15.8. The summed E-state index contributed by atoms with van der Waals surface area (Å²) in [6.45, 7) is 6.39. The standard InChI is InChI=1S/C16H24N2O3/c1-16(2,3)21-10-12(19)9-18-13-7-5-4-6-11(13)8-14(18)15(17)20/h4-7,12,14,19H,8-10H2,1-3H3,(H2,17,20)/t12?,14-/m0/s1. The van der Waals surface area contributed by atoms with E-state index in [0.717, 1.165) is 11.3 Å². The van der Waals surface area contributed by atoms with Gasteiger partial charge in [0.05, 0.1) is 18.3 Å². The summed E-state index contributed by atoms with van der Waals surface area (Å²) in [7, 11) is 0. The maximum atomic E-state index is 11.6. The molecule has 1 unspecified atom stereocenters. The van der Waals surface area contributed by atoms with E-state index in [-0.39, 0.29) is 18.1 Å². The minimum atomic E-state index is -0.669. The Morgan fingerprint density at radius 3 is 2.76 bits per heavy atom. The molecule has 0 aliphatic carbocycles. The fraction of sp³-hybridized carbons (Fsp3) is 0.562. The number of amides is 1. The van der Waals surface area contributed by atoms with Crippen LogP contribution in [0.15, 0.2) is 24.3 Å². The molecule has 1 aromatic carbocycles. The van der Waals surface area contributed by atoms with Crippen LogP contribution >= 0.6 is 0 Å². The number of β-amino-alcohol motifs (C(OH)–C–C–N with tert-alkyl or cyclic N) is 1. The first-order chi connectivity index (χ1) is 9.78. The minimum Gasteiger partial charge on any atom is -0.389 e. The Bertz CT molecular complexity index is 510. The quantitative estimate of drug-likeness (QED) is 0.851. The van der Waals surface area contributed by atoms with Gasteiger partial charge in [0.15, 0.2) is 0 Å². The van der Waals surface area contributed by atoms with Crippen LogP contribution in [-0.2, 0) is 16.0 Å². The van der Waals surface area contributed by atoms with Crippen molar-refractivity contribution in [3.8, 4) is 0 Å². The molecule has 1 amide bonds. The smallest absolute Gasteiger partial charge is 0.240 e. The summed E-state index contributed by atoms with van der Waals surface area (Å²) < 4.78 is 5.59. The van der Waals surface area contributed by atoms with Crippen LogP contribution in [-0.4, -0.2) is 41.9 Å². The SMILES string of the molecule is CC(C)(C)OCC(O)CN1c2ccccc2C[C@H]1C(N)=O. The van der Waals surface area contributed by atoms with Crippen molar-refractivity contribution in [2.75, 3.05) is 18.1 Å². The van der Waals surface area contributed by atoms with E-state index < -0.39 is 12.1 Å². The van der Waals surface area contributed by atoms with Gasteiger partial charge in [-0.2, -0.15) is 0 Å². The molecule has 3 N–H and O–H groups in total. The van der Waals surface area contributed by atoms with Crippen LogP contribution in [0.5, 0.6) is 0 Å². The van der Waals surface area contributed by atoms with Gasteiger partial charge >= 0.3 is 0 Å². The molecule has 5 nitrogen and oxygen atoms in total. The van der Waals surface area contributed by atoms with Crippen molar-refractivity contribution in [1.29, 1.82) is 0 Å². The van der Waals surface area contributed by atoms with E-state index >= 15 is 0 Å². The fourth-order valence-corrected chi connectivity index (χ4v) is 2.56. The van der Waals surface area contributed by atoms with Crippen LogP contribution in [0.4, 0.5) is 5.69 Å². The maximum Gasteiger partial charge on any atom is 0.240 e. The Kier molecular flexibility index (Phi) is 4.54. The number of benzene rings is 1. The summed E-state index contributed by atoms with van der Waals surface area (Å²) in [6, 6.07) is 7.41. The van der Waals surface area contributed by atoms with Crippen LogP contribution in [0.3, 0.4) is 0 Å². The summed E-state index contributed by atoms with van der Waals surface area (Å²) in [6.07, 6.45) is -0.0736. The molecule has 5 heteroatoms. The van der Waals surface area contributed by atoms with Crippen molar-refractivity contribution < 1.29 is 14.6 Å². The molecular formula is C16H24N2O3. The number of hydrogen-bond donors (Lipinski definition) is 2. The Labute approximate surface area is 125 Å². The number of ether oxygens (including phenoxy) is 1. The van der Waals surface area contributed by atoms with Gasteiger partial charge in [-0.15, -0.1) is 0 Å². The summed E-state index contributed by atoms with van der Waals surface area (Å²) in [4.78, 5) is 13.5. The number of nitrogens with two attached hydrogens (primary N) is 1. The van der Waals surface area contributed by atoms with E-state index in [4.69, 9.17) is 10.5 Å². The monoisotopic (exact) mass is 292 g/mol. The summed E-state index contributed by atoms with van der Waals surface area (Å²) in [5.74, 6) is -0.366. The number of carbonyl (C=O) groups is 1. The Morgan fingerprint density at radius 1 is 1.48 bits per heavy atom. The average Bonchev–Trinajstić information content (AvgIpc) is 2.75. The third kappa shape index (κ3) is 3.95. The predicted octanol–water partition coefficient (Wildman–Crippen LogP) is 1.08. The van der Waals surface area contributed by atoms with Crippen molar-refractivity contribution in [2.24, 2.45) is 5.73 Å². The van der Waals surface area contributed by atoms with Crippen LogP contribution < -0.4 is 10.6 Å². The number of anilines is 1. The molecule has 0 fully saturated rings. The Balaban J connectivity index is 2.07. The molecular weight excluding hydrogens is 268 g/mol. The van der Waals surface area contributed by atoms with E-state index in [9.17, 15) is 9.90 Å². The lowest BCUT2D eigenvalue weighted by atomic mass is 10.1. The van der Waals surface area contributed by atoms with Crippen molar-refractivity contribution >= 4 is 11.6 Å². The molecule has 116 valence electrons. The molecule has 0 bridgehead atoms. The van der Waals surface area contributed by atoms with Gasteiger partial charge in [-0.1, -0.05) is 18.2 Å². The molecule has 1 heterocycles. The van der Waals surface area contributed by atoms with E-state index in [2.05, 4.69) is 0 Å². The predicted molar refractivity (Wildman–Crippen MR) is 82.2 cm³/mol.